The minimum absolute atomic E-state index is 0.207. The third kappa shape index (κ3) is 3.30. The largest absolute Gasteiger partial charge is 0.508 e. The number of hydrogen-bond acceptors (Lipinski definition) is 5. The first kappa shape index (κ1) is 19.9. The molecule has 0 aliphatic carbocycles. The Morgan fingerprint density at radius 2 is 1.59 bits per heavy atom. The first-order valence-electron chi connectivity index (χ1n) is 10.4. The Bertz CT molecular complexity index is 1440. The molecule has 0 fully saturated rings. The molecular formula is C26H23N3O3. The molecule has 0 aliphatic rings. The van der Waals surface area contributed by atoms with E-state index in [0.29, 0.717) is 23.6 Å². The fourth-order valence-corrected chi connectivity index (χ4v) is 4.15. The van der Waals surface area contributed by atoms with E-state index in [0.717, 1.165) is 33.1 Å². The average molecular weight is 425 g/mol. The summed E-state index contributed by atoms with van der Waals surface area (Å²) in [6.45, 7) is 2.11. The highest BCUT2D eigenvalue weighted by Crippen LogP contribution is 2.40. The van der Waals surface area contributed by atoms with Crippen LogP contribution in [-0.4, -0.2) is 34.5 Å². The monoisotopic (exact) mass is 425 g/mol. The summed E-state index contributed by atoms with van der Waals surface area (Å²) in [5, 5.41) is 20.3. The smallest absolute Gasteiger partial charge is 0.182 e. The van der Waals surface area contributed by atoms with E-state index in [-0.39, 0.29) is 5.75 Å². The predicted octanol–water partition coefficient (Wildman–Crippen LogP) is 5.40. The number of nitrogens with zero attached hydrogens (tertiary/aromatic N) is 2. The maximum Gasteiger partial charge on any atom is 0.182 e. The van der Waals surface area contributed by atoms with Gasteiger partial charge in [-0.1, -0.05) is 24.3 Å². The molecule has 32 heavy (non-hydrogen) atoms. The van der Waals surface area contributed by atoms with Gasteiger partial charge in [-0.05, 0) is 54.4 Å². The van der Waals surface area contributed by atoms with E-state index in [1.165, 1.54) is 11.1 Å². The number of rotatable bonds is 5. The summed E-state index contributed by atoms with van der Waals surface area (Å²) >= 11 is 0. The maximum atomic E-state index is 9.73. The Kier molecular flexibility index (Phi) is 4.90. The van der Waals surface area contributed by atoms with Crippen LogP contribution in [0, 0.1) is 6.92 Å². The van der Waals surface area contributed by atoms with Crippen molar-refractivity contribution in [2.45, 2.75) is 13.3 Å². The molecule has 0 bridgehead atoms. The molecule has 5 aromatic rings. The van der Waals surface area contributed by atoms with Crippen LogP contribution in [0.2, 0.25) is 0 Å². The van der Waals surface area contributed by atoms with Gasteiger partial charge in [-0.2, -0.15) is 5.10 Å². The zero-order valence-corrected chi connectivity index (χ0v) is 18.1. The number of benzene rings is 3. The SMILES string of the molecule is COc1cc2c(-c3ccc(O)cc3)nc3n[nH]c(Cc4ccccc4C)c3c2cc1OC. The second kappa shape index (κ2) is 7.89. The molecule has 0 saturated heterocycles. The van der Waals surface area contributed by atoms with Gasteiger partial charge in [0, 0.05) is 28.5 Å². The lowest BCUT2D eigenvalue weighted by Crippen LogP contribution is -1.96. The normalized spacial score (nSPS) is 11.2. The maximum absolute atomic E-state index is 9.73. The first-order valence-corrected chi connectivity index (χ1v) is 10.4. The second-order valence-electron chi connectivity index (χ2n) is 7.76. The van der Waals surface area contributed by atoms with Gasteiger partial charge in [-0.3, -0.25) is 5.10 Å². The van der Waals surface area contributed by atoms with Crippen molar-refractivity contribution >= 4 is 21.8 Å². The number of aromatic hydroxyl groups is 1. The van der Waals surface area contributed by atoms with Gasteiger partial charge in [0.05, 0.1) is 25.3 Å². The number of pyridine rings is 1. The number of fused-ring (bicyclic) bond motifs is 3. The molecule has 3 aromatic carbocycles. The van der Waals surface area contributed by atoms with Crippen LogP contribution in [0.5, 0.6) is 17.2 Å². The van der Waals surface area contributed by atoms with E-state index in [4.69, 9.17) is 14.5 Å². The highest BCUT2D eigenvalue weighted by molar-refractivity contribution is 6.12. The quantitative estimate of drug-likeness (QED) is 0.394. The first-order chi connectivity index (χ1) is 15.6. The van der Waals surface area contributed by atoms with E-state index < -0.39 is 0 Å². The summed E-state index contributed by atoms with van der Waals surface area (Å²) in [7, 11) is 3.25. The van der Waals surface area contributed by atoms with Crippen LogP contribution in [0.1, 0.15) is 16.8 Å². The fourth-order valence-electron chi connectivity index (χ4n) is 4.15. The van der Waals surface area contributed by atoms with Crippen molar-refractivity contribution < 1.29 is 14.6 Å². The molecule has 0 spiro atoms. The van der Waals surface area contributed by atoms with Crippen LogP contribution in [0.4, 0.5) is 0 Å². The standard InChI is InChI=1S/C26H23N3O3/c1-15-6-4-5-7-17(15)12-21-24-19-13-22(31-2)23(32-3)14-20(19)25(27-26(24)29-28-21)16-8-10-18(30)11-9-16/h4-11,13-14,30H,12H2,1-3H3,(H,27,28,29). The number of phenols is 1. The highest BCUT2D eigenvalue weighted by Gasteiger charge is 2.19. The number of aromatic amines is 1. The summed E-state index contributed by atoms with van der Waals surface area (Å²) in [5.74, 6) is 1.48. The van der Waals surface area contributed by atoms with Gasteiger partial charge in [-0.25, -0.2) is 4.98 Å². The van der Waals surface area contributed by atoms with Gasteiger partial charge in [0.15, 0.2) is 17.1 Å². The molecule has 0 saturated carbocycles. The third-order valence-electron chi connectivity index (χ3n) is 5.86. The van der Waals surface area contributed by atoms with Gasteiger partial charge in [0.25, 0.3) is 0 Å². The van der Waals surface area contributed by atoms with Gasteiger partial charge < -0.3 is 14.6 Å². The Hall–Kier alpha value is -4.06. The number of phenolic OH excluding ortho intramolecular Hbond substituents is 1. The minimum atomic E-state index is 0.207. The molecule has 5 rings (SSSR count). The van der Waals surface area contributed by atoms with Crippen molar-refractivity contribution in [3.8, 4) is 28.5 Å². The molecule has 2 N–H and O–H groups in total. The van der Waals surface area contributed by atoms with Crippen molar-refractivity contribution in [1.29, 1.82) is 0 Å². The molecule has 160 valence electrons. The van der Waals surface area contributed by atoms with Gasteiger partial charge in [-0.15, -0.1) is 0 Å². The molecule has 0 aliphatic heterocycles. The van der Waals surface area contributed by atoms with Crippen molar-refractivity contribution in [1.82, 2.24) is 15.2 Å². The summed E-state index contributed by atoms with van der Waals surface area (Å²) in [4.78, 5) is 4.90. The summed E-state index contributed by atoms with van der Waals surface area (Å²) in [5.41, 5.74) is 5.74. The average Bonchev–Trinajstić information content (AvgIpc) is 3.22. The molecule has 0 atom stereocenters. The Morgan fingerprint density at radius 3 is 2.28 bits per heavy atom. The van der Waals surface area contributed by atoms with Crippen LogP contribution >= 0.6 is 0 Å². The van der Waals surface area contributed by atoms with E-state index in [9.17, 15) is 5.11 Å². The number of aromatic nitrogens is 3. The van der Waals surface area contributed by atoms with Gasteiger partial charge in [0.2, 0.25) is 0 Å². The summed E-state index contributed by atoms with van der Waals surface area (Å²) < 4.78 is 11.2. The zero-order chi connectivity index (χ0) is 22.2. The second-order valence-corrected chi connectivity index (χ2v) is 7.76. The molecule has 2 heterocycles. The van der Waals surface area contributed by atoms with Gasteiger partial charge in [0.1, 0.15) is 5.75 Å². The predicted molar refractivity (Wildman–Crippen MR) is 126 cm³/mol. The van der Waals surface area contributed by atoms with Crippen molar-refractivity contribution in [2.24, 2.45) is 0 Å². The van der Waals surface area contributed by atoms with E-state index in [1.807, 2.05) is 36.4 Å². The summed E-state index contributed by atoms with van der Waals surface area (Å²) in [6.07, 6.45) is 0.715. The van der Waals surface area contributed by atoms with Crippen molar-refractivity contribution in [3.63, 3.8) is 0 Å². The number of ether oxygens (including phenoxy) is 2. The molecule has 6 heteroatoms. The number of methoxy groups -OCH3 is 2. The van der Waals surface area contributed by atoms with Crippen LogP contribution in [0.25, 0.3) is 33.1 Å². The van der Waals surface area contributed by atoms with Crippen LogP contribution in [0.15, 0.2) is 60.7 Å². The fraction of sp³-hybridized carbons (Fsp3) is 0.154. The zero-order valence-electron chi connectivity index (χ0n) is 18.1. The highest BCUT2D eigenvalue weighted by atomic mass is 16.5. The lowest BCUT2D eigenvalue weighted by atomic mass is 9.97. The Balaban J connectivity index is 1.81. The summed E-state index contributed by atoms with van der Waals surface area (Å²) in [6, 6.07) is 19.3. The molecular weight excluding hydrogens is 402 g/mol. The van der Waals surface area contributed by atoms with Gasteiger partial charge >= 0.3 is 0 Å². The number of H-pyrrole nitrogens is 1. The van der Waals surface area contributed by atoms with Crippen LogP contribution < -0.4 is 9.47 Å². The molecule has 6 nitrogen and oxygen atoms in total. The molecule has 0 radical (unpaired) electrons. The molecule has 0 unspecified atom stereocenters. The lowest BCUT2D eigenvalue weighted by molar-refractivity contribution is 0.356. The molecule has 0 amide bonds. The minimum Gasteiger partial charge on any atom is -0.508 e. The van der Waals surface area contributed by atoms with Crippen molar-refractivity contribution in [2.75, 3.05) is 14.2 Å². The number of aryl methyl sites for hydroxylation is 1. The van der Waals surface area contributed by atoms with E-state index in [2.05, 4.69) is 29.3 Å². The van der Waals surface area contributed by atoms with Crippen molar-refractivity contribution in [3.05, 3.63) is 77.5 Å². The van der Waals surface area contributed by atoms with Crippen LogP contribution in [0.3, 0.4) is 0 Å². The third-order valence-corrected chi connectivity index (χ3v) is 5.86. The van der Waals surface area contributed by atoms with Crippen LogP contribution in [-0.2, 0) is 6.42 Å². The Morgan fingerprint density at radius 1 is 0.906 bits per heavy atom. The topological polar surface area (TPSA) is 80.3 Å². The molecule has 2 aromatic heterocycles. The number of hydrogen-bond donors (Lipinski definition) is 2. The van der Waals surface area contributed by atoms with E-state index >= 15 is 0 Å². The number of nitrogens with one attached hydrogen (secondary N) is 1. The Labute approximate surface area is 185 Å². The lowest BCUT2D eigenvalue weighted by Gasteiger charge is -2.13. The van der Waals surface area contributed by atoms with E-state index in [1.54, 1.807) is 26.4 Å².